The molecule has 0 saturated heterocycles. The van der Waals surface area contributed by atoms with Crippen molar-refractivity contribution in [1.29, 1.82) is 0 Å². The molecule has 30 heavy (non-hydrogen) atoms. The smallest absolute Gasteiger partial charge is 0.303 e. The third kappa shape index (κ3) is 6.13. The van der Waals surface area contributed by atoms with Crippen molar-refractivity contribution >= 4 is 21.7 Å². The molecule has 0 aromatic heterocycles. The number of aryl methyl sites for hydroxylation is 1. The van der Waals surface area contributed by atoms with E-state index in [0.717, 1.165) is 25.7 Å². The molecule has 0 amide bonds. The standard InChI is InChI=1S/C22H27NO6S/c1-16-14-20(11-12-21(16)28-13-5-10-22(24)25)30(26,27)23-17-6-4-9-19(15-17)29-18-7-2-3-8-18/h4,6,9,11-12,14-15,18,23H,2-3,5,7-8,10,13H2,1H3,(H,24,25). The van der Waals surface area contributed by atoms with Gasteiger partial charge in [0.05, 0.1) is 23.3 Å². The molecule has 2 aromatic rings. The SMILES string of the molecule is Cc1cc(S(=O)(=O)Nc2cccc(OC3CCCC3)c2)ccc1OCCCC(=O)O. The molecule has 162 valence electrons. The van der Waals surface area contributed by atoms with Crippen LogP contribution in [0.3, 0.4) is 0 Å². The highest BCUT2D eigenvalue weighted by atomic mass is 32.2. The zero-order valence-electron chi connectivity index (χ0n) is 17.0. The Kier molecular flexibility index (Phi) is 7.20. The van der Waals surface area contributed by atoms with E-state index >= 15 is 0 Å². The number of rotatable bonds is 10. The van der Waals surface area contributed by atoms with Gasteiger partial charge in [-0.15, -0.1) is 0 Å². The van der Waals surface area contributed by atoms with E-state index in [2.05, 4.69) is 4.72 Å². The minimum atomic E-state index is -3.77. The van der Waals surface area contributed by atoms with Crippen LogP contribution < -0.4 is 14.2 Å². The van der Waals surface area contributed by atoms with Gasteiger partial charge < -0.3 is 14.6 Å². The Morgan fingerprint density at radius 2 is 1.93 bits per heavy atom. The van der Waals surface area contributed by atoms with Crippen LogP contribution in [0.25, 0.3) is 0 Å². The van der Waals surface area contributed by atoms with E-state index in [4.69, 9.17) is 14.6 Å². The summed E-state index contributed by atoms with van der Waals surface area (Å²) in [6.07, 6.45) is 4.99. The number of hydrogen-bond donors (Lipinski definition) is 2. The summed E-state index contributed by atoms with van der Waals surface area (Å²) >= 11 is 0. The van der Waals surface area contributed by atoms with E-state index < -0.39 is 16.0 Å². The predicted octanol–water partition coefficient (Wildman–Crippen LogP) is 4.36. The van der Waals surface area contributed by atoms with E-state index in [-0.39, 0.29) is 24.0 Å². The Bertz CT molecular complexity index is 983. The lowest BCUT2D eigenvalue weighted by molar-refractivity contribution is -0.137. The van der Waals surface area contributed by atoms with E-state index in [0.29, 0.717) is 29.2 Å². The third-order valence-electron chi connectivity index (χ3n) is 4.94. The van der Waals surface area contributed by atoms with Crippen LogP contribution >= 0.6 is 0 Å². The molecule has 1 saturated carbocycles. The van der Waals surface area contributed by atoms with Gasteiger partial charge in [-0.2, -0.15) is 0 Å². The highest BCUT2D eigenvalue weighted by molar-refractivity contribution is 7.92. The molecule has 3 rings (SSSR count). The number of ether oxygens (including phenoxy) is 2. The van der Waals surface area contributed by atoms with Gasteiger partial charge in [-0.05, 0) is 74.9 Å². The largest absolute Gasteiger partial charge is 0.493 e. The Balaban J connectivity index is 1.65. The van der Waals surface area contributed by atoms with E-state index in [1.807, 2.05) is 6.07 Å². The second kappa shape index (κ2) is 9.84. The van der Waals surface area contributed by atoms with Crippen LogP contribution in [0.5, 0.6) is 11.5 Å². The average Bonchev–Trinajstić information content (AvgIpc) is 3.19. The molecule has 0 radical (unpaired) electrons. The lowest BCUT2D eigenvalue weighted by atomic mass is 10.2. The first-order valence-corrected chi connectivity index (χ1v) is 11.6. The van der Waals surface area contributed by atoms with Gasteiger partial charge >= 0.3 is 5.97 Å². The van der Waals surface area contributed by atoms with Crippen LogP contribution in [0.1, 0.15) is 44.1 Å². The van der Waals surface area contributed by atoms with Gasteiger partial charge in [0, 0.05) is 12.5 Å². The third-order valence-corrected chi connectivity index (χ3v) is 6.32. The number of carbonyl (C=O) groups is 1. The number of carboxylic acids is 1. The molecule has 0 bridgehead atoms. The fourth-order valence-electron chi connectivity index (χ4n) is 3.40. The monoisotopic (exact) mass is 433 g/mol. The summed E-state index contributed by atoms with van der Waals surface area (Å²) in [6, 6.07) is 11.6. The van der Waals surface area contributed by atoms with E-state index in [9.17, 15) is 13.2 Å². The molecule has 0 atom stereocenters. The minimum Gasteiger partial charge on any atom is -0.493 e. The highest BCUT2D eigenvalue weighted by Crippen LogP contribution is 2.28. The second-order valence-corrected chi connectivity index (χ2v) is 9.11. The predicted molar refractivity (Wildman–Crippen MR) is 114 cm³/mol. The van der Waals surface area contributed by atoms with Crippen molar-refractivity contribution in [2.75, 3.05) is 11.3 Å². The molecule has 0 heterocycles. The summed E-state index contributed by atoms with van der Waals surface area (Å²) in [5, 5.41) is 8.66. The van der Waals surface area contributed by atoms with Crippen LogP contribution in [-0.4, -0.2) is 32.2 Å². The van der Waals surface area contributed by atoms with Gasteiger partial charge in [0.15, 0.2) is 0 Å². The minimum absolute atomic E-state index is 0.0267. The molecule has 7 nitrogen and oxygen atoms in total. The quantitative estimate of drug-likeness (QED) is 0.540. The molecule has 1 aliphatic rings. The number of aliphatic carboxylic acids is 1. The van der Waals surface area contributed by atoms with Gasteiger partial charge in [0.25, 0.3) is 10.0 Å². The molecule has 2 aromatic carbocycles. The molecular weight excluding hydrogens is 406 g/mol. The summed E-state index contributed by atoms with van der Waals surface area (Å²) < 4.78 is 39.7. The average molecular weight is 434 g/mol. The van der Waals surface area contributed by atoms with Crippen molar-refractivity contribution in [3.05, 3.63) is 48.0 Å². The Labute approximate surface area is 177 Å². The van der Waals surface area contributed by atoms with Crippen molar-refractivity contribution in [2.24, 2.45) is 0 Å². The number of hydrogen-bond acceptors (Lipinski definition) is 5. The zero-order valence-corrected chi connectivity index (χ0v) is 17.8. The molecule has 2 N–H and O–H groups in total. The first-order chi connectivity index (χ1) is 14.3. The number of benzene rings is 2. The van der Waals surface area contributed by atoms with Gasteiger partial charge in [-0.25, -0.2) is 8.42 Å². The summed E-state index contributed by atoms with van der Waals surface area (Å²) in [7, 11) is -3.77. The van der Waals surface area contributed by atoms with Crippen molar-refractivity contribution in [2.45, 2.75) is 56.4 Å². The number of sulfonamides is 1. The molecule has 0 spiro atoms. The molecule has 0 aliphatic heterocycles. The van der Waals surface area contributed by atoms with Crippen LogP contribution in [0.15, 0.2) is 47.4 Å². The molecule has 0 unspecified atom stereocenters. The Morgan fingerprint density at radius 3 is 2.63 bits per heavy atom. The lowest BCUT2D eigenvalue weighted by Gasteiger charge is -2.15. The maximum atomic E-state index is 12.8. The van der Waals surface area contributed by atoms with E-state index in [1.54, 1.807) is 31.2 Å². The van der Waals surface area contributed by atoms with Crippen molar-refractivity contribution in [3.8, 4) is 11.5 Å². The first kappa shape index (κ1) is 22.0. The van der Waals surface area contributed by atoms with Crippen LogP contribution in [0.4, 0.5) is 5.69 Å². The molecular formula is C22H27NO6S. The fourth-order valence-corrected chi connectivity index (χ4v) is 4.54. The number of carboxylic acid groups (broad SMARTS) is 1. The lowest BCUT2D eigenvalue weighted by Crippen LogP contribution is -2.14. The number of anilines is 1. The maximum Gasteiger partial charge on any atom is 0.303 e. The summed E-state index contributed by atoms with van der Waals surface area (Å²) in [5.74, 6) is 0.315. The van der Waals surface area contributed by atoms with Crippen LogP contribution in [0, 0.1) is 6.92 Å². The van der Waals surface area contributed by atoms with E-state index in [1.165, 1.54) is 12.1 Å². The van der Waals surface area contributed by atoms with Gasteiger partial charge in [0.2, 0.25) is 0 Å². The fraction of sp³-hybridized carbons (Fsp3) is 0.409. The molecule has 1 fully saturated rings. The molecule has 8 heteroatoms. The van der Waals surface area contributed by atoms with Crippen LogP contribution in [-0.2, 0) is 14.8 Å². The molecule has 1 aliphatic carbocycles. The van der Waals surface area contributed by atoms with Gasteiger partial charge in [-0.3, -0.25) is 9.52 Å². The normalized spacial score (nSPS) is 14.4. The summed E-state index contributed by atoms with van der Waals surface area (Å²) in [6.45, 7) is 2.01. The van der Waals surface area contributed by atoms with Crippen molar-refractivity contribution in [1.82, 2.24) is 0 Å². The second-order valence-electron chi connectivity index (χ2n) is 7.43. The van der Waals surface area contributed by atoms with Crippen molar-refractivity contribution in [3.63, 3.8) is 0 Å². The first-order valence-electron chi connectivity index (χ1n) is 10.1. The van der Waals surface area contributed by atoms with Crippen LogP contribution in [0.2, 0.25) is 0 Å². The van der Waals surface area contributed by atoms with Crippen molar-refractivity contribution < 1.29 is 27.8 Å². The summed E-state index contributed by atoms with van der Waals surface area (Å²) in [4.78, 5) is 10.7. The summed E-state index contributed by atoms with van der Waals surface area (Å²) in [5.41, 5.74) is 1.10. The topological polar surface area (TPSA) is 102 Å². The van der Waals surface area contributed by atoms with Gasteiger partial charge in [-0.1, -0.05) is 6.07 Å². The van der Waals surface area contributed by atoms with Gasteiger partial charge in [0.1, 0.15) is 11.5 Å². The highest BCUT2D eigenvalue weighted by Gasteiger charge is 2.18. The maximum absolute atomic E-state index is 12.8. The zero-order chi connectivity index (χ0) is 21.6. The Hall–Kier alpha value is -2.74. The Morgan fingerprint density at radius 1 is 1.17 bits per heavy atom. The number of nitrogens with one attached hydrogen (secondary N) is 1.